The van der Waals surface area contributed by atoms with Gasteiger partial charge in [0.2, 0.25) is 13.9 Å². The smallest absolute Gasteiger partial charge is 0.416 e. The molecule has 1 fully saturated rings. The van der Waals surface area contributed by atoms with Crippen LogP contribution in [-0.2, 0) is 27.7 Å². The summed E-state index contributed by atoms with van der Waals surface area (Å²) < 4.78 is 41.7. The summed E-state index contributed by atoms with van der Waals surface area (Å²) in [6.45, 7) is 3.17. The lowest BCUT2D eigenvalue weighted by Gasteiger charge is -2.19. The van der Waals surface area contributed by atoms with Crippen LogP contribution < -0.4 is 0 Å². The molecule has 0 aliphatic carbocycles. The third kappa shape index (κ3) is 3.53. The number of carbonyl (C=O) groups is 1. The van der Waals surface area contributed by atoms with E-state index in [2.05, 4.69) is 14.0 Å². The van der Waals surface area contributed by atoms with Gasteiger partial charge in [-0.3, -0.25) is 9.13 Å². The van der Waals surface area contributed by atoms with E-state index >= 15 is 0 Å². The topological polar surface area (TPSA) is 108 Å². The second-order valence-corrected chi connectivity index (χ2v) is 6.42. The van der Waals surface area contributed by atoms with Crippen LogP contribution >= 0.6 is 15.6 Å². The molecule has 1 rings (SSSR count). The van der Waals surface area contributed by atoms with Crippen LogP contribution in [0.5, 0.6) is 0 Å². The summed E-state index contributed by atoms with van der Waals surface area (Å²) >= 11 is 0. The van der Waals surface area contributed by atoms with Gasteiger partial charge in [0.05, 0.1) is 13.2 Å². The summed E-state index contributed by atoms with van der Waals surface area (Å²) in [4.78, 5) is 20.4. The zero-order valence-electron chi connectivity index (χ0n) is 9.32. The van der Waals surface area contributed by atoms with Crippen molar-refractivity contribution in [1.29, 1.82) is 0 Å². The minimum absolute atomic E-state index is 0.0515. The fourth-order valence-electron chi connectivity index (χ4n) is 1.24. The average molecular weight is 288 g/mol. The summed E-state index contributed by atoms with van der Waals surface area (Å²) in [7, 11) is -7.06. The molecule has 4 atom stereocenters. The molecule has 1 aliphatic heterocycles. The van der Waals surface area contributed by atoms with Crippen molar-refractivity contribution in [2.75, 3.05) is 13.2 Å². The number of cyclic esters (lactones) is 2. The fourth-order valence-corrected chi connectivity index (χ4v) is 4.25. The molecule has 100 valence electrons. The van der Waals surface area contributed by atoms with Crippen molar-refractivity contribution < 1.29 is 37.3 Å². The van der Waals surface area contributed by atoms with Crippen LogP contribution in [0.15, 0.2) is 0 Å². The molecule has 1 N–H and O–H groups in total. The molecule has 1 aliphatic rings. The summed E-state index contributed by atoms with van der Waals surface area (Å²) in [6, 6.07) is 0. The Morgan fingerprint density at radius 2 is 2.06 bits per heavy atom. The third-order valence-corrected chi connectivity index (χ3v) is 5.24. The van der Waals surface area contributed by atoms with Crippen molar-refractivity contribution >= 4 is 21.8 Å². The second kappa shape index (κ2) is 5.98. The number of hydrogen-bond donors (Lipinski definition) is 1. The molecule has 1 saturated heterocycles. The van der Waals surface area contributed by atoms with Gasteiger partial charge >= 0.3 is 13.8 Å². The molecule has 0 aromatic rings. The van der Waals surface area contributed by atoms with Crippen molar-refractivity contribution in [3.63, 3.8) is 0 Å². The van der Waals surface area contributed by atoms with Crippen LogP contribution in [0.4, 0.5) is 4.79 Å². The monoisotopic (exact) mass is 288 g/mol. The summed E-state index contributed by atoms with van der Waals surface area (Å²) in [6.07, 6.45) is -1.16. The predicted molar refractivity (Wildman–Crippen MR) is 57.2 cm³/mol. The Bertz CT molecular complexity index is 356. The van der Waals surface area contributed by atoms with Gasteiger partial charge in [-0.1, -0.05) is 0 Å². The minimum Gasteiger partial charge on any atom is -0.416 e. The first-order valence-corrected chi connectivity index (χ1v) is 7.97. The van der Waals surface area contributed by atoms with Crippen LogP contribution in [-0.4, -0.2) is 36.0 Å². The van der Waals surface area contributed by atoms with Gasteiger partial charge in [0.15, 0.2) is 0 Å². The lowest BCUT2D eigenvalue weighted by atomic mass is 10.8. The molecule has 17 heavy (non-hydrogen) atoms. The van der Waals surface area contributed by atoms with Gasteiger partial charge in [0.1, 0.15) is 0 Å². The van der Waals surface area contributed by atoms with Crippen LogP contribution in [0, 0.1) is 0 Å². The molecule has 0 saturated carbocycles. The Hall–Kier alpha value is -0.390. The zero-order chi connectivity index (χ0) is 13.1. The van der Waals surface area contributed by atoms with E-state index in [0.29, 0.717) is 0 Å². The lowest BCUT2D eigenvalue weighted by Crippen LogP contribution is -2.21. The highest BCUT2D eigenvalue weighted by Gasteiger charge is 2.52. The van der Waals surface area contributed by atoms with Crippen molar-refractivity contribution in [3.05, 3.63) is 0 Å². The van der Waals surface area contributed by atoms with E-state index in [4.69, 9.17) is 4.52 Å². The van der Waals surface area contributed by atoms with Crippen LogP contribution in [0.2, 0.25) is 0 Å². The largest absolute Gasteiger partial charge is 0.510 e. The molecule has 0 amide bonds. The standard InChI is InChI=1S/C7H14O8P2/c1-3-12-16(9)5-6(15-7(8)14-5)17(10,11)13-4-2/h5-6,16H,3-4H2,1-2H3,(H,10,11). The Morgan fingerprint density at radius 1 is 1.41 bits per heavy atom. The van der Waals surface area contributed by atoms with E-state index in [9.17, 15) is 18.8 Å². The number of hydrogen-bond acceptors (Lipinski definition) is 7. The minimum atomic E-state index is -4.23. The third-order valence-electron chi connectivity index (χ3n) is 1.85. The molecule has 0 aromatic heterocycles. The maximum atomic E-state index is 11.7. The molecule has 0 bridgehead atoms. The van der Waals surface area contributed by atoms with E-state index in [0.717, 1.165) is 0 Å². The van der Waals surface area contributed by atoms with Gasteiger partial charge in [-0.05, 0) is 13.8 Å². The first-order valence-electron chi connectivity index (χ1n) is 4.93. The normalized spacial score (nSPS) is 29.2. The van der Waals surface area contributed by atoms with Crippen LogP contribution in [0.25, 0.3) is 0 Å². The molecular weight excluding hydrogens is 274 g/mol. The molecule has 10 heteroatoms. The van der Waals surface area contributed by atoms with Gasteiger partial charge in [-0.15, -0.1) is 0 Å². The molecule has 0 aromatic carbocycles. The summed E-state index contributed by atoms with van der Waals surface area (Å²) in [5.74, 6) is -3.00. The van der Waals surface area contributed by atoms with E-state index in [1.807, 2.05) is 0 Å². The molecule has 4 unspecified atom stereocenters. The van der Waals surface area contributed by atoms with Crippen molar-refractivity contribution in [3.8, 4) is 0 Å². The SMILES string of the molecule is CCO[PH](=O)C1OC(=O)OC1P(=O)(O)OCC. The number of rotatable bonds is 6. The molecule has 1 heterocycles. The van der Waals surface area contributed by atoms with Crippen LogP contribution in [0.1, 0.15) is 13.8 Å². The average Bonchev–Trinajstić information content (AvgIpc) is 2.61. The molecule has 0 spiro atoms. The lowest BCUT2D eigenvalue weighted by molar-refractivity contribution is 0.120. The first kappa shape index (κ1) is 14.7. The summed E-state index contributed by atoms with van der Waals surface area (Å²) in [5.41, 5.74) is 0. The van der Waals surface area contributed by atoms with E-state index < -0.39 is 33.5 Å². The van der Waals surface area contributed by atoms with E-state index in [-0.39, 0.29) is 13.2 Å². The maximum absolute atomic E-state index is 11.7. The van der Waals surface area contributed by atoms with E-state index in [1.165, 1.54) is 6.92 Å². The van der Waals surface area contributed by atoms with Gasteiger partial charge in [-0.2, -0.15) is 0 Å². The Morgan fingerprint density at radius 3 is 2.59 bits per heavy atom. The highest BCUT2D eigenvalue weighted by atomic mass is 31.2. The zero-order valence-corrected chi connectivity index (χ0v) is 11.2. The Kier molecular flexibility index (Phi) is 5.16. The maximum Gasteiger partial charge on any atom is 0.510 e. The highest BCUT2D eigenvalue weighted by molar-refractivity contribution is 7.54. The van der Waals surface area contributed by atoms with Gasteiger partial charge in [0.25, 0.3) is 5.85 Å². The molecule has 0 radical (unpaired) electrons. The highest BCUT2D eigenvalue weighted by Crippen LogP contribution is 2.56. The van der Waals surface area contributed by atoms with E-state index in [1.54, 1.807) is 6.92 Å². The van der Waals surface area contributed by atoms with Gasteiger partial charge < -0.3 is 23.4 Å². The first-order chi connectivity index (χ1) is 7.92. The van der Waals surface area contributed by atoms with Crippen molar-refractivity contribution in [2.24, 2.45) is 0 Å². The Labute approximate surface area is 98.6 Å². The number of carbonyl (C=O) groups excluding carboxylic acids is 1. The second-order valence-electron chi connectivity index (χ2n) is 3.03. The van der Waals surface area contributed by atoms with Crippen molar-refractivity contribution in [2.45, 2.75) is 25.5 Å². The fraction of sp³-hybridized carbons (Fsp3) is 0.857. The molecule has 8 nitrogen and oxygen atoms in total. The Balaban J connectivity index is 2.85. The quantitative estimate of drug-likeness (QED) is 0.579. The van der Waals surface area contributed by atoms with Gasteiger partial charge in [-0.25, -0.2) is 4.79 Å². The van der Waals surface area contributed by atoms with Gasteiger partial charge in [0, 0.05) is 0 Å². The van der Waals surface area contributed by atoms with Crippen LogP contribution in [0.3, 0.4) is 0 Å². The molecular formula is C7H14O8P2. The van der Waals surface area contributed by atoms with Crippen molar-refractivity contribution in [1.82, 2.24) is 0 Å². The number of ether oxygens (including phenoxy) is 2. The predicted octanol–water partition coefficient (Wildman–Crippen LogP) is 1.54. The summed E-state index contributed by atoms with van der Waals surface area (Å²) in [5, 5.41) is 0.